The van der Waals surface area contributed by atoms with E-state index in [4.69, 9.17) is 0 Å². The van der Waals surface area contributed by atoms with Gasteiger partial charge in [0, 0.05) is 5.69 Å². The van der Waals surface area contributed by atoms with Gasteiger partial charge in [-0.2, -0.15) is 13.2 Å². The van der Waals surface area contributed by atoms with Gasteiger partial charge in [-0.25, -0.2) is 17.6 Å². The first-order valence-electron chi connectivity index (χ1n) is 6.34. The van der Waals surface area contributed by atoms with Crippen molar-refractivity contribution in [2.45, 2.75) is 13.1 Å². The average Bonchev–Trinajstić information content (AvgIpc) is 2.49. The fraction of sp³-hybridized carbons (Fsp3) is 0.133. The molecule has 0 unspecified atom stereocenters. The Hall–Kier alpha value is -2.58. The van der Waals surface area contributed by atoms with Gasteiger partial charge in [0.05, 0.1) is 11.1 Å². The molecule has 0 fully saturated rings. The van der Waals surface area contributed by atoms with Crippen molar-refractivity contribution in [3.8, 4) is 0 Å². The van der Waals surface area contributed by atoms with Crippen LogP contribution in [-0.2, 0) is 6.18 Å². The predicted octanol–water partition coefficient (Wildman–Crippen LogP) is 4.82. The van der Waals surface area contributed by atoms with E-state index in [1.165, 1.54) is 6.92 Å². The maximum atomic E-state index is 13.5. The topological polar surface area (TPSA) is 29.1 Å². The first kappa shape index (κ1) is 17.8. The molecule has 0 aliphatic carbocycles. The van der Waals surface area contributed by atoms with Gasteiger partial charge < -0.3 is 5.32 Å². The lowest BCUT2D eigenvalue weighted by atomic mass is 10.1. The zero-order valence-electron chi connectivity index (χ0n) is 11.9. The highest BCUT2D eigenvalue weighted by Crippen LogP contribution is 2.33. The van der Waals surface area contributed by atoms with Crippen molar-refractivity contribution in [2.75, 3.05) is 5.32 Å². The summed E-state index contributed by atoms with van der Waals surface area (Å²) in [7, 11) is 0. The Morgan fingerprint density at radius 2 is 1.58 bits per heavy atom. The van der Waals surface area contributed by atoms with E-state index in [1.807, 2.05) is 5.32 Å². The molecule has 0 aromatic heterocycles. The number of aryl methyl sites for hydroxylation is 1. The molecular formula is C15H8F7NO. The highest BCUT2D eigenvalue weighted by molar-refractivity contribution is 6.04. The Bertz CT molecular complexity index is 814. The molecule has 0 heterocycles. The standard InChI is InChI=1S/C15H8F7NO/c1-6-2-3-7(4-9(6)15(20,21)22)23-14(24)8-5-10(16)12(18)13(19)11(8)17/h2-5H,1H3,(H,23,24). The van der Waals surface area contributed by atoms with Crippen LogP contribution in [0, 0.1) is 30.2 Å². The number of rotatable bonds is 2. The quantitative estimate of drug-likeness (QED) is 0.469. The number of hydrogen-bond acceptors (Lipinski definition) is 1. The number of carbonyl (C=O) groups is 1. The maximum Gasteiger partial charge on any atom is 0.416 e. The number of benzene rings is 2. The third kappa shape index (κ3) is 3.34. The van der Waals surface area contributed by atoms with E-state index in [1.54, 1.807) is 0 Å². The third-order valence-electron chi connectivity index (χ3n) is 3.15. The van der Waals surface area contributed by atoms with Crippen LogP contribution in [0.15, 0.2) is 24.3 Å². The number of anilines is 1. The van der Waals surface area contributed by atoms with Gasteiger partial charge >= 0.3 is 6.18 Å². The Kier molecular flexibility index (Phi) is 4.54. The second-order valence-corrected chi connectivity index (χ2v) is 4.83. The summed E-state index contributed by atoms with van der Waals surface area (Å²) in [5.74, 6) is -9.48. The second-order valence-electron chi connectivity index (χ2n) is 4.83. The molecule has 0 bridgehead atoms. The molecule has 0 aliphatic heterocycles. The first-order valence-corrected chi connectivity index (χ1v) is 6.34. The predicted molar refractivity (Wildman–Crippen MR) is 70.4 cm³/mol. The largest absolute Gasteiger partial charge is 0.416 e. The molecule has 1 amide bonds. The lowest BCUT2D eigenvalue weighted by molar-refractivity contribution is -0.138. The van der Waals surface area contributed by atoms with Crippen LogP contribution in [0.3, 0.4) is 0 Å². The fourth-order valence-corrected chi connectivity index (χ4v) is 1.94. The minimum atomic E-state index is -4.69. The average molecular weight is 351 g/mol. The third-order valence-corrected chi connectivity index (χ3v) is 3.15. The lowest BCUT2D eigenvalue weighted by Crippen LogP contribution is -2.17. The Morgan fingerprint density at radius 1 is 0.958 bits per heavy atom. The summed E-state index contributed by atoms with van der Waals surface area (Å²) in [5.41, 5.74) is -2.72. The number of amides is 1. The highest BCUT2D eigenvalue weighted by atomic mass is 19.4. The maximum absolute atomic E-state index is 13.5. The lowest BCUT2D eigenvalue weighted by Gasteiger charge is -2.13. The van der Waals surface area contributed by atoms with Gasteiger partial charge in [0.1, 0.15) is 0 Å². The van der Waals surface area contributed by atoms with Gasteiger partial charge in [-0.05, 0) is 30.7 Å². The van der Waals surface area contributed by atoms with Gasteiger partial charge in [-0.15, -0.1) is 0 Å². The Balaban J connectivity index is 2.38. The summed E-state index contributed by atoms with van der Waals surface area (Å²) < 4.78 is 90.9. The normalized spacial score (nSPS) is 11.5. The summed E-state index contributed by atoms with van der Waals surface area (Å²) in [6.07, 6.45) is -4.69. The number of nitrogens with one attached hydrogen (secondary N) is 1. The molecule has 9 heteroatoms. The van der Waals surface area contributed by atoms with Crippen molar-refractivity contribution in [3.05, 3.63) is 64.2 Å². The zero-order valence-corrected chi connectivity index (χ0v) is 11.9. The van der Waals surface area contributed by atoms with Crippen molar-refractivity contribution < 1.29 is 35.5 Å². The van der Waals surface area contributed by atoms with Gasteiger partial charge in [0.2, 0.25) is 0 Å². The molecule has 1 N–H and O–H groups in total. The number of alkyl halides is 3. The fourth-order valence-electron chi connectivity index (χ4n) is 1.94. The molecule has 0 spiro atoms. The number of hydrogen-bond donors (Lipinski definition) is 1. The van der Waals surface area contributed by atoms with Gasteiger partial charge in [0.15, 0.2) is 23.3 Å². The molecular weight excluding hydrogens is 343 g/mol. The van der Waals surface area contributed by atoms with E-state index >= 15 is 0 Å². The van der Waals surface area contributed by atoms with E-state index in [-0.39, 0.29) is 17.3 Å². The SMILES string of the molecule is Cc1ccc(NC(=O)c2cc(F)c(F)c(F)c2F)cc1C(F)(F)F. The van der Waals surface area contributed by atoms with Crippen LogP contribution in [-0.4, -0.2) is 5.91 Å². The van der Waals surface area contributed by atoms with Crippen molar-refractivity contribution >= 4 is 11.6 Å². The van der Waals surface area contributed by atoms with E-state index < -0.39 is 46.5 Å². The van der Waals surface area contributed by atoms with Crippen LogP contribution < -0.4 is 5.32 Å². The molecule has 0 saturated carbocycles. The molecule has 0 saturated heterocycles. The molecule has 128 valence electrons. The summed E-state index contributed by atoms with van der Waals surface area (Å²) in [6.45, 7) is 1.19. The molecule has 2 aromatic carbocycles. The van der Waals surface area contributed by atoms with E-state index in [0.29, 0.717) is 6.07 Å². The molecule has 24 heavy (non-hydrogen) atoms. The van der Waals surface area contributed by atoms with Crippen LogP contribution in [0.1, 0.15) is 21.5 Å². The van der Waals surface area contributed by atoms with E-state index in [2.05, 4.69) is 0 Å². The van der Waals surface area contributed by atoms with Crippen LogP contribution in [0.4, 0.5) is 36.4 Å². The molecule has 2 nitrogen and oxygen atoms in total. The summed E-state index contributed by atoms with van der Waals surface area (Å²) >= 11 is 0. The highest BCUT2D eigenvalue weighted by Gasteiger charge is 2.32. The number of carbonyl (C=O) groups excluding carboxylic acids is 1. The zero-order chi connectivity index (χ0) is 18.2. The molecule has 2 aromatic rings. The Labute approximate surface area is 130 Å². The molecule has 0 aliphatic rings. The summed E-state index contributed by atoms with van der Waals surface area (Å²) in [6, 6.07) is 2.85. The summed E-state index contributed by atoms with van der Waals surface area (Å²) in [5, 5.41) is 1.88. The van der Waals surface area contributed by atoms with Crippen LogP contribution in [0.5, 0.6) is 0 Å². The smallest absolute Gasteiger partial charge is 0.322 e. The Morgan fingerprint density at radius 3 is 2.17 bits per heavy atom. The van der Waals surface area contributed by atoms with Gasteiger partial charge in [-0.3, -0.25) is 4.79 Å². The van der Waals surface area contributed by atoms with Crippen LogP contribution in [0.25, 0.3) is 0 Å². The number of halogens is 7. The molecule has 2 rings (SSSR count). The van der Waals surface area contributed by atoms with Crippen LogP contribution in [0.2, 0.25) is 0 Å². The minimum absolute atomic E-state index is 0.113. The molecule has 0 atom stereocenters. The van der Waals surface area contributed by atoms with E-state index in [0.717, 1.165) is 12.1 Å². The first-order chi connectivity index (χ1) is 11.0. The summed E-state index contributed by atoms with van der Waals surface area (Å²) in [4.78, 5) is 11.8. The van der Waals surface area contributed by atoms with Gasteiger partial charge in [0.25, 0.3) is 5.91 Å². The minimum Gasteiger partial charge on any atom is -0.322 e. The van der Waals surface area contributed by atoms with Crippen molar-refractivity contribution in [2.24, 2.45) is 0 Å². The monoisotopic (exact) mass is 351 g/mol. The second kappa shape index (κ2) is 6.14. The van der Waals surface area contributed by atoms with Crippen molar-refractivity contribution in [1.29, 1.82) is 0 Å². The van der Waals surface area contributed by atoms with Gasteiger partial charge in [-0.1, -0.05) is 6.07 Å². The van der Waals surface area contributed by atoms with Crippen LogP contribution >= 0.6 is 0 Å². The van der Waals surface area contributed by atoms with Crippen molar-refractivity contribution in [3.63, 3.8) is 0 Å². The van der Waals surface area contributed by atoms with E-state index in [9.17, 15) is 35.5 Å². The molecule has 0 radical (unpaired) electrons. The van der Waals surface area contributed by atoms with Crippen molar-refractivity contribution in [1.82, 2.24) is 0 Å².